The minimum absolute atomic E-state index is 0.0656. The zero-order valence-electron chi connectivity index (χ0n) is 13.9. The first-order valence-corrected chi connectivity index (χ1v) is 8.03. The van der Waals surface area contributed by atoms with Gasteiger partial charge in [0, 0.05) is 19.6 Å². The maximum atomic E-state index is 14.1. The number of carbonyl (C=O) groups excluding carboxylic acids is 2. The number of hydrogen-bond donors (Lipinski definition) is 1. The lowest BCUT2D eigenvalue weighted by molar-refractivity contribution is -0.129. The Labute approximate surface area is 145 Å². The Morgan fingerprint density at radius 2 is 2.04 bits per heavy atom. The Kier molecular flexibility index (Phi) is 5.09. The average molecular weight is 342 g/mol. The molecule has 1 atom stereocenters. The molecule has 0 bridgehead atoms. The van der Waals surface area contributed by atoms with Crippen molar-refractivity contribution < 1.29 is 18.7 Å². The summed E-state index contributed by atoms with van der Waals surface area (Å²) in [6.45, 7) is 1.61. The minimum Gasteiger partial charge on any atom is -0.465 e. The van der Waals surface area contributed by atoms with Gasteiger partial charge in [-0.15, -0.1) is 0 Å². The van der Waals surface area contributed by atoms with Crippen LogP contribution in [-0.4, -0.2) is 37.0 Å². The van der Waals surface area contributed by atoms with Crippen LogP contribution < -0.4 is 5.32 Å². The van der Waals surface area contributed by atoms with Gasteiger partial charge in [0.25, 0.3) is 0 Å². The van der Waals surface area contributed by atoms with Crippen LogP contribution in [0, 0.1) is 5.82 Å². The number of halogens is 1. The predicted molar refractivity (Wildman–Crippen MR) is 90.3 cm³/mol. The average Bonchev–Trinajstić information content (AvgIpc) is 2.62. The molecule has 0 saturated carbocycles. The molecule has 0 aromatic heterocycles. The van der Waals surface area contributed by atoms with E-state index in [-0.39, 0.29) is 11.5 Å². The van der Waals surface area contributed by atoms with Gasteiger partial charge in [-0.3, -0.25) is 9.69 Å². The lowest BCUT2D eigenvalue weighted by Gasteiger charge is -2.35. The molecule has 0 aliphatic carbocycles. The zero-order chi connectivity index (χ0) is 17.8. The van der Waals surface area contributed by atoms with Crippen LogP contribution in [-0.2, 0) is 16.1 Å². The first-order chi connectivity index (χ1) is 12.1. The van der Waals surface area contributed by atoms with Crippen LogP contribution in [0.4, 0.5) is 4.39 Å². The smallest absolute Gasteiger partial charge is 0.340 e. The molecule has 1 saturated heterocycles. The standard InChI is InChI=1S/C19H19FN2O3/c1-25-19(24)15-8-7-13(11-16(15)20)12-22-10-9-21-18(23)17(22)14-5-3-2-4-6-14/h2-8,11,17H,9-10,12H2,1H3,(H,21,23). The van der Waals surface area contributed by atoms with Crippen molar-refractivity contribution in [2.45, 2.75) is 12.6 Å². The van der Waals surface area contributed by atoms with E-state index in [0.717, 1.165) is 5.56 Å². The van der Waals surface area contributed by atoms with Crippen molar-refractivity contribution in [1.82, 2.24) is 10.2 Å². The summed E-state index contributed by atoms with van der Waals surface area (Å²) in [7, 11) is 1.21. The predicted octanol–water partition coefficient (Wildman–Crippen LogP) is 2.29. The van der Waals surface area contributed by atoms with Crippen molar-refractivity contribution in [3.63, 3.8) is 0 Å². The van der Waals surface area contributed by atoms with Gasteiger partial charge in [-0.25, -0.2) is 9.18 Å². The van der Waals surface area contributed by atoms with Gasteiger partial charge in [0.2, 0.25) is 5.91 Å². The number of methoxy groups -OCH3 is 1. The van der Waals surface area contributed by atoms with Gasteiger partial charge >= 0.3 is 5.97 Å². The van der Waals surface area contributed by atoms with E-state index in [1.54, 1.807) is 6.07 Å². The lowest BCUT2D eigenvalue weighted by Crippen LogP contribution is -2.49. The van der Waals surface area contributed by atoms with Crippen molar-refractivity contribution in [2.24, 2.45) is 0 Å². The van der Waals surface area contributed by atoms with Gasteiger partial charge in [-0.2, -0.15) is 0 Å². The third-order valence-electron chi connectivity index (χ3n) is 4.25. The minimum atomic E-state index is -0.705. The second kappa shape index (κ2) is 7.44. The molecule has 1 fully saturated rings. The molecule has 2 aromatic rings. The molecule has 2 aromatic carbocycles. The van der Waals surface area contributed by atoms with Crippen LogP contribution in [0.25, 0.3) is 0 Å². The molecule has 1 aliphatic rings. The quantitative estimate of drug-likeness (QED) is 0.866. The van der Waals surface area contributed by atoms with Gasteiger partial charge in [0.15, 0.2) is 0 Å². The molecule has 1 heterocycles. The Hall–Kier alpha value is -2.73. The number of rotatable bonds is 4. The molecule has 3 rings (SSSR count). The van der Waals surface area contributed by atoms with Crippen LogP contribution in [0.5, 0.6) is 0 Å². The first kappa shape index (κ1) is 17.1. The maximum Gasteiger partial charge on any atom is 0.340 e. The molecular weight excluding hydrogens is 323 g/mol. The SMILES string of the molecule is COC(=O)c1ccc(CN2CCNC(=O)C2c2ccccc2)cc1F. The summed E-state index contributed by atoms with van der Waals surface area (Å²) >= 11 is 0. The summed E-state index contributed by atoms with van der Waals surface area (Å²) in [6, 6.07) is 13.5. The van der Waals surface area contributed by atoms with Gasteiger partial charge in [-0.05, 0) is 23.3 Å². The van der Waals surface area contributed by atoms with E-state index in [4.69, 9.17) is 0 Å². The monoisotopic (exact) mass is 342 g/mol. The topological polar surface area (TPSA) is 58.6 Å². The highest BCUT2D eigenvalue weighted by atomic mass is 19.1. The fraction of sp³-hybridized carbons (Fsp3) is 0.263. The molecule has 6 heteroatoms. The lowest BCUT2D eigenvalue weighted by atomic mass is 10.0. The van der Waals surface area contributed by atoms with Crippen LogP contribution in [0.15, 0.2) is 48.5 Å². The number of esters is 1. The van der Waals surface area contributed by atoms with E-state index in [1.807, 2.05) is 35.2 Å². The van der Waals surface area contributed by atoms with Crippen molar-refractivity contribution in [2.75, 3.05) is 20.2 Å². The highest BCUT2D eigenvalue weighted by Gasteiger charge is 2.31. The van der Waals surface area contributed by atoms with E-state index in [1.165, 1.54) is 19.2 Å². The molecule has 5 nitrogen and oxygen atoms in total. The normalized spacial score (nSPS) is 17.8. The fourth-order valence-corrected chi connectivity index (χ4v) is 3.05. The third-order valence-corrected chi connectivity index (χ3v) is 4.25. The first-order valence-electron chi connectivity index (χ1n) is 8.03. The molecule has 0 radical (unpaired) electrons. The number of ether oxygens (including phenoxy) is 1. The molecule has 1 unspecified atom stereocenters. The molecule has 130 valence electrons. The second-order valence-electron chi connectivity index (χ2n) is 5.88. The fourth-order valence-electron chi connectivity index (χ4n) is 3.05. The third kappa shape index (κ3) is 3.69. The summed E-state index contributed by atoms with van der Waals surface area (Å²) < 4.78 is 18.7. The summed E-state index contributed by atoms with van der Waals surface area (Å²) in [5.41, 5.74) is 1.49. The number of piperazine rings is 1. The number of amides is 1. The molecule has 0 spiro atoms. The molecular formula is C19H19FN2O3. The summed E-state index contributed by atoms with van der Waals surface area (Å²) in [5, 5.41) is 2.87. The second-order valence-corrected chi connectivity index (χ2v) is 5.88. The van der Waals surface area contributed by atoms with E-state index in [0.29, 0.717) is 25.2 Å². The van der Waals surface area contributed by atoms with Crippen LogP contribution in [0.2, 0.25) is 0 Å². The molecule has 1 N–H and O–H groups in total. The number of hydrogen-bond acceptors (Lipinski definition) is 4. The Balaban J connectivity index is 1.84. The summed E-state index contributed by atoms with van der Waals surface area (Å²) in [5.74, 6) is -1.39. The number of benzene rings is 2. The number of nitrogens with zero attached hydrogens (tertiary/aromatic N) is 1. The van der Waals surface area contributed by atoms with Gasteiger partial charge in [0.1, 0.15) is 11.9 Å². The zero-order valence-corrected chi connectivity index (χ0v) is 13.9. The highest BCUT2D eigenvalue weighted by molar-refractivity contribution is 5.89. The Morgan fingerprint density at radius 3 is 2.72 bits per heavy atom. The van der Waals surface area contributed by atoms with E-state index >= 15 is 0 Å². The van der Waals surface area contributed by atoms with Crippen LogP contribution >= 0.6 is 0 Å². The highest BCUT2D eigenvalue weighted by Crippen LogP contribution is 2.25. The Morgan fingerprint density at radius 1 is 1.28 bits per heavy atom. The van der Waals surface area contributed by atoms with E-state index < -0.39 is 17.8 Å². The van der Waals surface area contributed by atoms with Gasteiger partial charge < -0.3 is 10.1 Å². The largest absolute Gasteiger partial charge is 0.465 e. The molecule has 1 aliphatic heterocycles. The van der Waals surface area contributed by atoms with Gasteiger partial charge in [-0.1, -0.05) is 36.4 Å². The van der Waals surface area contributed by atoms with Crippen molar-refractivity contribution >= 4 is 11.9 Å². The number of nitrogens with one attached hydrogen (secondary N) is 1. The van der Waals surface area contributed by atoms with Crippen molar-refractivity contribution in [3.05, 3.63) is 71.0 Å². The summed E-state index contributed by atoms with van der Waals surface area (Å²) in [4.78, 5) is 25.8. The van der Waals surface area contributed by atoms with Crippen molar-refractivity contribution in [3.8, 4) is 0 Å². The summed E-state index contributed by atoms with van der Waals surface area (Å²) in [6.07, 6.45) is 0. The van der Waals surface area contributed by atoms with Crippen LogP contribution in [0.3, 0.4) is 0 Å². The molecule has 1 amide bonds. The molecule has 25 heavy (non-hydrogen) atoms. The van der Waals surface area contributed by atoms with E-state index in [2.05, 4.69) is 10.1 Å². The van der Waals surface area contributed by atoms with Crippen LogP contribution in [0.1, 0.15) is 27.5 Å². The maximum absolute atomic E-state index is 14.1. The van der Waals surface area contributed by atoms with E-state index in [9.17, 15) is 14.0 Å². The Bertz CT molecular complexity index is 779. The van der Waals surface area contributed by atoms with Crippen molar-refractivity contribution in [1.29, 1.82) is 0 Å². The number of carbonyl (C=O) groups is 2. The van der Waals surface area contributed by atoms with Gasteiger partial charge in [0.05, 0.1) is 12.7 Å².